The average Bonchev–Trinajstić information content (AvgIpc) is 2.76. The highest BCUT2D eigenvalue weighted by Gasteiger charge is 2.63. The lowest BCUT2D eigenvalue weighted by Gasteiger charge is -2.64. The molecule has 0 aliphatic heterocycles. The summed E-state index contributed by atoms with van der Waals surface area (Å²) < 4.78 is 0. The van der Waals surface area contributed by atoms with Gasteiger partial charge in [0.05, 0.1) is 11.7 Å². The molecule has 3 fully saturated rings. The van der Waals surface area contributed by atoms with Gasteiger partial charge in [0.15, 0.2) is 0 Å². The van der Waals surface area contributed by atoms with Crippen LogP contribution in [0, 0.1) is 34.0 Å². The predicted octanol–water partition coefficient (Wildman–Crippen LogP) is 4.31. The maximum Gasteiger partial charge on any atom is 0.0805 e. The summed E-state index contributed by atoms with van der Waals surface area (Å²) >= 11 is 0. The molecule has 0 bridgehead atoms. The maximum absolute atomic E-state index is 10.6. The van der Waals surface area contributed by atoms with Crippen molar-refractivity contribution >= 4 is 0 Å². The second kappa shape index (κ2) is 4.64. The molecule has 8 atom stereocenters. The first kappa shape index (κ1) is 16.1. The Morgan fingerprint density at radius 3 is 2.35 bits per heavy atom. The zero-order valence-electron chi connectivity index (χ0n) is 15.3. The Kier molecular flexibility index (Phi) is 3.25. The SMILES string of the molecule is C[C@]12CC[C@H]3[C@H](CC[C@@]4(C)C[C@](C)(O)C=C[C@]34C)[C@H]1CC[C@@H]2O. The summed E-state index contributed by atoms with van der Waals surface area (Å²) in [7, 11) is 0. The van der Waals surface area contributed by atoms with Gasteiger partial charge >= 0.3 is 0 Å². The van der Waals surface area contributed by atoms with E-state index in [1.165, 1.54) is 32.1 Å². The molecule has 130 valence electrons. The van der Waals surface area contributed by atoms with Crippen LogP contribution in [-0.4, -0.2) is 21.9 Å². The Morgan fingerprint density at radius 2 is 1.61 bits per heavy atom. The van der Waals surface area contributed by atoms with E-state index in [-0.39, 0.29) is 22.3 Å². The van der Waals surface area contributed by atoms with Crippen LogP contribution in [0.5, 0.6) is 0 Å². The molecule has 2 nitrogen and oxygen atoms in total. The number of hydrogen-bond donors (Lipinski definition) is 2. The van der Waals surface area contributed by atoms with Gasteiger partial charge in [-0.05, 0) is 85.9 Å². The molecule has 0 unspecified atom stereocenters. The van der Waals surface area contributed by atoms with Crippen LogP contribution in [0.1, 0.15) is 72.6 Å². The normalized spacial score (nSPS) is 61.7. The topological polar surface area (TPSA) is 40.5 Å². The molecule has 0 radical (unpaired) electrons. The monoisotopic (exact) mass is 318 g/mol. The lowest BCUT2D eigenvalue weighted by molar-refractivity contribution is -0.142. The molecule has 0 aromatic rings. The molecule has 4 rings (SSSR count). The van der Waals surface area contributed by atoms with Crippen molar-refractivity contribution < 1.29 is 10.2 Å². The van der Waals surface area contributed by atoms with Crippen LogP contribution in [0.2, 0.25) is 0 Å². The molecule has 4 aliphatic carbocycles. The van der Waals surface area contributed by atoms with Crippen LogP contribution in [0.15, 0.2) is 12.2 Å². The largest absolute Gasteiger partial charge is 0.393 e. The minimum absolute atomic E-state index is 0.0859. The number of rotatable bonds is 0. The quantitative estimate of drug-likeness (QED) is 0.654. The highest BCUT2D eigenvalue weighted by atomic mass is 16.3. The minimum Gasteiger partial charge on any atom is -0.393 e. The van der Waals surface area contributed by atoms with Gasteiger partial charge < -0.3 is 10.2 Å². The summed E-state index contributed by atoms with van der Waals surface area (Å²) in [4.78, 5) is 0. The molecule has 0 heterocycles. The fraction of sp³-hybridized carbons (Fsp3) is 0.905. The zero-order chi connectivity index (χ0) is 16.7. The molecular weight excluding hydrogens is 284 g/mol. The Bertz CT molecular complexity index is 538. The molecule has 0 aromatic carbocycles. The number of aliphatic hydroxyl groups excluding tert-OH is 1. The van der Waals surface area contributed by atoms with Gasteiger partial charge in [-0.15, -0.1) is 0 Å². The Balaban J connectivity index is 1.72. The van der Waals surface area contributed by atoms with E-state index < -0.39 is 5.60 Å². The molecule has 2 heteroatoms. The third-order valence-corrected chi connectivity index (χ3v) is 9.02. The van der Waals surface area contributed by atoms with Crippen molar-refractivity contribution in [2.45, 2.75) is 84.3 Å². The lowest BCUT2D eigenvalue weighted by atomic mass is 9.41. The standard InChI is InChI=1S/C21H34O2/c1-18-9-7-14-15-5-6-17(22)20(15,3)10-8-16(14)21(18,4)12-11-19(2,23)13-18/h11-12,14-17,22-23H,5-10,13H2,1-4H3/t14-,15-,16+,17+,18+,19-,20+,21-/m1/s1. The first-order valence-corrected chi connectivity index (χ1v) is 9.72. The molecule has 0 spiro atoms. The fourth-order valence-corrected chi connectivity index (χ4v) is 7.41. The van der Waals surface area contributed by atoms with E-state index in [1.807, 2.05) is 6.92 Å². The first-order chi connectivity index (χ1) is 10.6. The molecule has 0 saturated heterocycles. The minimum atomic E-state index is -0.645. The van der Waals surface area contributed by atoms with Gasteiger partial charge in [0.2, 0.25) is 0 Å². The van der Waals surface area contributed by atoms with Crippen LogP contribution >= 0.6 is 0 Å². The Hall–Kier alpha value is -0.340. The van der Waals surface area contributed by atoms with Gasteiger partial charge in [-0.2, -0.15) is 0 Å². The van der Waals surface area contributed by atoms with E-state index in [1.54, 1.807) is 0 Å². The van der Waals surface area contributed by atoms with E-state index in [2.05, 4.69) is 32.9 Å². The highest BCUT2D eigenvalue weighted by Crippen LogP contribution is 2.69. The number of aliphatic hydroxyl groups is 2. The smallest absolute Gasteiger partial charge is 0.0805 e. The van der Waals surface area contributed by atoms with Gasteiger partial charge in [0.1, 0.15) is 0 Å². The van der Waals surface area contributed by atoms with Gasteiger partial charge in [0, 0.05) is 0 Å². The van der Waals surface area contributed by atoms with E-state index in [0.717, 1.165) is 24.7 Å². The Labute approximate surface area is 141 Å². The van der Waals surface area contributed by atoms with E-state index in [9.17, 15) is 10.2 Å². The molecule has 23 heavy (non-hydrogen) atoms. The van der Waals surface area contributed by atoms with E-state index in [0.29, 0.717) is 5.92 Å². The summed E-state index contributed by atoms with van der Waals surface area (Å²) in [5, 5.41) is 21.1. The van der Waals surface area contributed by atoms with Crippen molar-refractivity contribution in [2.24, 2.45) is 34.0 Å². The van der Waals surface area contributed by atoms with Crippen molar-refractivity contribution in [2.75, 3.05) is 0 Å². The predicted molar refractivity (Wildman–Crippen MR) is 92.9 cm³/mol. The third kappa shape index (κ3) is 2.00. The average molecular weight is 319 g/mol. The van der Waals surface area contributed by atoms with Gasteiger partial charge in [-0.3, -0.25) is 0 Å². The molecule has 4 aliphatic rings. The van der Waals surface area contributed by atoms with Crippen LogP contribution in [-0.2, 0) is 0 Å². The summed E-state index contributed by atoms with van der Waals surface area (Å²) in [5.41, 5.74) is -0.0760. The van der Waals surface area contributed by atoms with Crippen molar-refractivity contribution in [1.82, 2.24) is 0 Å². The van der Waals surface area contributed by atoms with Crippen molar-refractivity contribution in [1.29, 1.82) is 0 Å². The maximum atomic E-state index is 10.6. The number of allylic oxidation sites excluding steroid dienone is 1. The Morgan fingerprint density at radius 1 is 0.870 bits per heavy atom. The first-order valence-electron chi connectivity index (χ1n) is 9.72. The molecule has 0 amide bonds. The van der Waals surface area contributed by atoms with Crippen molar-refractivity contribution in [3.05, 3.63) is 12.2 Å². The van der Waals surface area contributed by atoms with Gasteiger partial charge in [0.25, 0.3) is 0 Å². The number of fused-ring (bicyclic) bond motifs is 5. The summed E-state index contributed by atoms with van der Waals surface area (Å²) in [6.07, 6.45) is 12.4. The number of hydrogen-bond acceptors (Lipinski definition) is 2. The second-order valence-corrected chi connectivity index (χ2v) is 10.3. The molecule has 0 aromatic heterocycles. The van der Waals surface area contributed by atoms with Crippen LogP contribution in [0.3, 0.4) is 0 Å². The second-order valence-electron chi connectivity index (χ2n) is 10.3. The summed E-state index contributed by atoms with van der Waals surface area (Å²) in [6, 6.07) is 0. The van der Waals surface area contributed by atoms with E-state index >= 15 is 0 Å². The lowest BCUT2D eigenvalue weighted by Crippen LogP contribution is -2.58. The molecule has 3 saturated carbocycles. The van der Waals surface area contributed by atoms with Crippen LogP contribution in [0.4, 0.5) is 0 Å². The van der Waals surface area contributed by atoms with Gasteiger partial charge in [-0.25, -0.2) is 0 Å². The van der Waals surface area contributed by atoms with Crippen molar-refractivity contribution in [3.63, 3.8) is 0 Å². The molecule has 2 N–H and O–H groups in total. The molecular formula is C21H34O2. The third-order valence-electron chi connectivity index (χ3n) is 9.02. The fourth-order valence-electron chi connectivity index (χ4n) is 7.41. The van der Waals surface area contributed by atoms with Crippen LogP contribution < -0.4 is 0 Å². The van der Waals surface area contributed by atoms with Crippen LogP contribution in [0.25, 0.3) is 0 Å². The van der Waals surface area contributed by atoms with Crippen molar-refractivity contribution in [3.8, 4) is 0 Å². The van der Waals surface area contributed by atoms with Gasteiger partial charge in [-0.1, -0.05) is 32.9 Å². The van der Waals surface area contributed by atoms with E-state index in [4.69, 9.17) is 0 Å². The summed E-state index contributed by atoms with van der Waals surface area (Å²) in [6.45, 7) is 9.19. The zero-order valence-corrected chi connectivity index (χ0v) is 15.3. The summed E-state index contributed by atoms with van der Waals surface area (Å²) in [5.74, 6) is 2.18. The highest BCUT2D eigenvalue weighted by molar-refractivity contribution is 5.23.